The first-order chi connectivity index (χ1) is 9.68. The second-order valence-corrected chi connectivity index (χ2v) is 5.57. The summed E-state index contributed by atoms with van der Waals surface area (Å²) in [6.07, 6.45) is 5.32. The summed E-state index contributed by atoms with van der Waals surface area (Å²) >= 11 is 0. The molecule has 0 heterocycles. The summed E-state index contributed by atoms with van der Waals surface area (Å²) in [6.45, 7) is 2.68. The van der Waals surface area contributed by atoms with E-state index >= 15 is 0 Å². The molecule has 1 aromatic carbocycles. The molecule has 0 fully saturated rings. The van der Waals surface area contributed by atoms with E-state index in [9.17, 15) is 10.2 Å². The standard InChI is InChI=1S/C17H25NO2/c1-13(17(20)15-9-3-2-4-10-15)18-12-11-16(19)14-7-5-6-8-14/h2-4,7,9-10,13,16-20H,5-6,8,11-12H2,1H3. The molecular weight excluding hydrogens is 250 g/mol. The van der Waals surface area contributed by atoms with Crippen LogP contribution in [-0.4, -0.2) is 28.9 Å². The van der Waals surface area contributed by atoms with Crippen molar-refractivity contribution in [3.63, 3.8) is 0 Å². The van der Waals surface area contributed by atoms with Crippen molar-refractivity contribution in [3.8, 4) is 0 Å². The number of nitrogens with one attached hydrogen (secondary N) is 1. The van der Waals surface area contributed by atoms with Crippen LogP contribution in [0.15, 0.2) is 42.0 Å². The first kappa shape index (κ1) is 15.2. The van der Waals surface area contributed by atoms with Gasteiger partial charge in [0.25, 0.3) is 0 Å². The molecule has 1 aliphatic rings. The fourth-order valence-corrected chi connectivity index (χ4v) is 2.68. The summed E-state index contributed by atoms with van der Waals surface area (Å²) < 4.78 is 0. The van der Waals surface area contributed by atoms with Crippen LogP contribution in [-0.2, 0) is 0 Å². The summed E-state index contributed by atoms with van der Waals surface area (Å²) in [6, 6.07) is 9.65. The van der Waals surface area contributed by atoms with Gasteiger partial charge >= 0.3 is 0 Å². The molecule has 0 saturated heterocycles. The smallest absolute Gasteiger partial charge is 0.0940 e. The molecule has 3 N–H and O–H groups in total. The molecule has 1 aliphatic carbocycles. The molecule has 3 unspecified atom stereocenters. The summed E-state index contributed by atoms with van der Waals surface area (Å²) in [4.78, 5) is 0. The summed E-state index contributed by atoms with van der Waals surface area (Å²) in [5.41, 5.74) is 2.11. The zero-order chi connectivity index (χ0) is 14.4. The van der Waals surface area contributed by atoms with Gasteiger partial charge in [0.15, 0.2) is 0 Å². The van der Waals surface area contributed by atoms with E-state index in [1.54, 1.807) is 0 Å². The summed E-state index contributed by atoms with van der Waals surface area (Å²) in [5, 5.41) is 23.6. The molecule has 2 rings (SSSR count). The van der Waals surface area contributed by atoms with Gasteiger partial charge in [-0.2, -0.15) is 0 Å². The van der Waals surface area contributed by atoms with Crippen molar-refractivity contribution < 1.29 is 10.2 Å². The number of hydrogen-bond acceptors (Lipinski definition) is 3. The Labute approximate surface area is 121 Å². The van der Waals surface area contributed by atoms with Crippen LogP contribution in [0.1, 0.15) is 44.3 Å². The van der Waals surface area contributed by atoms with Crippen LogP contribution in [0.2, 0.25) is 0 Å². The van der Waals surface area contributed by atoms with E-state index in [1.807, 2.05) is 37.3 Å². The van der Waals surface area contributed by atoms with E-state index in [-0.39, 0.29) is 12.1 Å². The van der Waals surface area contributed by atoms with Crippen molar-refractivity contribution in [2.45, 2.75) is 50.9 Å². The quantitative estimate of drug-likeness (QED) is 0.670. The molecule has 0 saturated carbocycles. The minimum Gasteiger partial charge on any atom is -0.389 e. The average Bonchev–Trinajstić information content (AvgIpc) is 3.01. The van der Waals surface area contributed by atoms with Crippen LogP contribution >= 0.6 is 0 Å². The minimum absolute atomic E-state index is 0.0258. The molecule has 3 nitrogen and oxygen atoms in total. The van der Waals surface area contributed by atoms with Gasteiger partial charge in [-0.1, -0.05) is 36.4 Å². The van der Waals surface area contributed by atoms with Crippen LogP contribution in [0.5, 0.6) is 0 Å². The third-order valence-electron chi connectivity index (χ3n) is 4.00. The lowest BCUT2D eigenvalue weighted by Gasteiger charge is -2.21. The second kappa shape index (κ2) is 7.58. The molecule has 0 aromatic heterocycles. The van der Waals surface area contributed by atoms with E-state index < -0.39 is 6.10 Å². The highest BCUT2D eigenvalue weighted by Gasteiger charge is 2.17. The molecule has 0 radical (unpaired) electrons. The third kappa shape index (κ3) is 4.17. The van der Waals surface area contributed by atoms with Crippen molar-refractivity contribution in [1.29, 1.82) is 0 Å². The average molecular weight is 275 g/mol. The van der Waals surface area contributed by atoms with Crippen LogP contribution in [0.4, 0.5) is 0 Å². The highest BCUT2D eigenvalue weighted by Crippen LogP contribution is 2.22. The Morgan fingerprint density at radius 1 is 1.20 bits per heavy atom. The normalized spacial score (nSPS) is 19.4. The van der Waals surface area contributed by atoms with E-state index in [0.717, 1.165) is 18.4 Å². The predicted octanol–water partition coefficient (Wildman–Crippen LogP) is 2.56. The Balaban J connectivity index is 1.73. The first-order valence-corrected chi connectivity index (χ1v) is 7.52. The summed E-state index contributed by atoms with van der Waals surface area (Å²) in [5.74, 6) is 0. The number of benzene rings is 1. The van der Waals surface area contributed by atoms with Gasteiger partial charge < -0.3 is 15.5 Å². The third-order valence-corrected chi connectivity index (χ3v) is 4.00. The molecule has 110 valence electrons. The topological polar surface area (TPSA) is 52.5 Å². The van der Waals surface area contributed by atoms with E-state index in [0.29, 0.717) is 13.0 Å². The Hall–Kier alpha value is -1.16. The minimum atomic E-state index is -0.515. The molecule has 0 bridgehead atoms. The molecule has 0 amide bonds. The van der Waals surface area contributed by atoms with Gasteiger partial charge in [0.05, 0.1) is 12.2 Å². The Kier molecular flexibility index (Phi) is 5.77. The molecular formula is C17H25NO2. The lowest BCUT2D eigenvalue weighted by molar-refractivity contribution is 0.131. The van der Waals surface area contributed by atoms with Crippen molar-refractivity contribution in [3.05, 3.63) is 47.5 Å². The maximum absolute atomic E-state index is 10.2. The van der Waals surface area contributed by atoms with Gasteiger partial charge in [-0.05, 0) is 50.3 Å². The molecule has 0 aliphatic heterocycles. The highest BCUT2D eigenvalue weighted by molar-refractivity contribution is 5.18. The summed E-state index contributed by atoms with van der Waals surface area (Å²) in [7, 11) is 0. The molecule has 20 heavy (non-hydrogen) atoms. The van der Waals surface area contributed by atoms with Crippen LogP contribution in [0.25, 0.3) is 0 Å². The van der Waals surface area contributed by atoms with Gasteiger partial charge in [-0.3, -0.25) is 0 Å². The number of aliphatic hydroxyl groups is 2. The zero-order valence-corrected chi connectivity index (χ0v) is 12.1. The number of hydrogen-bond donors (Lipinski definition) is 3. The van der Waals surface area contributed by atoms with Gasteiger partial charge in [0.2, 0.25) is 0 Å². The zero-order valence-electron chi connectivity index (χ0n) is 12.1. The first-order valence-electron chi connectivity index (χ1n) is 7.52. The van der Waals surface area contributed by atoms with E-state index in [4.69, 9.17) is 0 Å². The molecule has 1 aromatic rings. The van der Waals surface area contributed by atoms with Crippen molar-refractivity contribution in [1.82, 2.24) is 5.32 Å². The maximum Gasteiger partial charge on any atom is 0.0940 e. The van der Waals surface area contributed by atoms with E-state index in [2.05, 4.69) is 11.4 Å². The lowest BCUT2D eigenvalue weighted by atomic mass is 10.0. The number of allylic oxidation sites excluding steroid dienone is 1. The number of rotatable bonds is 7. The highest BCUT2D eigenvalue weighted by atomic mass is 16.3. The fourth-order valence-electron chi connectivity index (χ4n) is 2.68. The van der Waals surface area contributed by atoms with Crippen molar-refractivity contribution >= 4 is 0 Å². The fraction of sp³-hybridized carbons (Fsp3) is 0.529. The van der Waals surface area contributed by atoms with Gasteiger partial charge in [0.1, 0.15) is 0 Å². The van der Waals surface area contributed by atoms with Crippen molar-refractivity contribution in [2.75, 3.05) is 6.54 Å². The van der Waals surface area contributed by atoms with Crippen LogP contribution in [0.3, 0.4) is 0 Å². The lowest BCUT2D eigenvalue weighted by Crippen LogP contribution is -2.34. The van der Waals surface area contributed by atoms with Crippen molar-refractivity contribution in [2.24, 2.45) is 0 Å². The predicted molar refractivity (Wildman–Crippen MR) is 81.4 cm³/mol. The monoisotopic (exact) mass is 275 g/mol. The molecule has 3 heteroatoms. The van der Waals surface area contributed by atoms with E-state index in [1.165, 1.54) is 12.0 Å². The van der Waals surface area contributed by atoms with Crippen LogP contribution in [0, 0.1) is 0 Å². The largest absolute Gasteiger partial charge is 0.389 e. The Morgan fingerprint density at radius 3 is 2.60 bits per heavy atom. The Bertz CT molecular complexity index is 430. The molecule has 0 spiro atoms. The molecule has 3 atom stereocenters. The number of aliphatic hydroxyl groups excluding tert-OH is 2. The van der Waals surface area contributed by atoms with Gasteiger partial charge in [-0.25, -0.2) is 0 Å². The SMILES string of the molecule is CC(NCCC(O)C1=CCCC1)C(O)c1ccccc1. The Morgan fingerprint density at radius 2 is 1.95 bits per heavy atom. The second-order valence-electron chi connectivity index (χ2n) is 5.57. The van der Waals surface area contributed by atoms with Crippen LogP contribution < -0.4 is 5.32 Å². The van der Waals surface area contributed by atoms with Gasteiger partial charge in [0, 0.05) is 6.04 Å². The maximum atomic E-state index is 10.2. The van der Waals surface area contributed by atoms with Gasteiger partial charge in [-0.15, -0.1) is 0 Å².